The van der Waals surface area contributed by atoms with Crippen LogP contribution in [0.1, 0.15) is 43.2 Å². The molecule has 4 bridgehead atoms. The number of nitrogens with zero attached hydrogens (tertiary/aromatic N) is 2. The van der Waals surface area contributed by atoms with Gasteiger partial charge in [0.05, 0.1) is 5.52 Å². The first kappa shape index (κ1) is 29.3. The van der Waals surface area contributed by atoms with Gasteiger partial charge in [0.25, 0.3) is 0 Å². The maximum Gasteiger partial charge on any atom is 0.0708 e. The lowest BCUT2D eigenvalue weighted by Gasteiger charge is -2.61. The monoisotopic (exact) mass is 656 g/mol. The second-order valence-electron chi connectivity index (χ2n) is 15.6. The van der Waals surface area contributed by atoms with Crippen LogP contribution in [0.2, 0.25) is 0 Å². The van der Waals surface area contributed by atoms with Gasteiger partial charge in [0.2, 0.25) is 0 Å². The molecule has 246 valence electrons. The lowest BCUT2D eigenvalue weighted by atomic mass is 9.43. The largest absolute Gasteiger partial charge is 0.310 e. The highest BCUT2D eigenvalue weighted by atomic mass is 15.1. The molecule has 4 saturated carbocycles. The SMILES string of the molecule is c1ccc(-c2ccc(N(c3ccc(-c4ccnc5ccccc45)cc3)c3ccc4c(c3)-c3ccccc3C43C4CC5CC(C4)CC3C5)cc2)cc1. The summed E-state index contributed by atoms with van der Waals surface area (Å²) in [4.78, 5) is 7.07. The van der Waals surface area contributed by atoms with Gasteiger partial charge in [-0.05, 0) is 149 Å². The smallest absolute Gasteiger partial charge is 0.0708 e. The number of hydrogen-bond acceptors (Lipinski definition) is 2. The topological polar surface area (TPSA) is 16.1 Å². The first-order chi connectivity index (χ1) is 25.2. The molecule has 0 unspecified atom stereocenters. The van der Waals surface area contributed by atoms with Gasteiger partial charge in [0.1, 0.15) is 0 Å². The van der Waals surface area contributed by atoms with Crippen LogP contribution in [-0.4, -0.2) is 4.98 Å². The Balaban J connectivity index is 1.05. The number of pyridine rings is 1. The van der Waals surface area contributed by atoms with Crippen LogP contribution in [0.5, 0.6) is 0 Å². The highest BCUT2D eigenvalue weighted by molar-refractivity contribution is 5.95. The number of anilines is 3. The minimum atomic E-state index is 0.176. The molecule has 0 radical (unpaired) electrons. The van der Waals surface area contributed by atoms with E-state index in [4.69, 9.17) is 0 Å². The van der Waals surface area contributed by atoms with Gasteiger partial charge in [-0.2, -0.15) is 0 Å². The third kappa shape index (κ3) is 4.39. The highest BCUT2D eigenvalue weighted by Crippen LogP contribution is 2.69. The van der Waals surface area contributed by atoms with E-state index >= 15 is 0 Å². The van der Waals surface area contributed by atoms with Crippen LogP contribution in [0.4, 0.5) is 17.1 Å². The molecule has 0 atom stereocenters. The molecular formula is C49H40N2. The van der Waals surface area contributed by atoms with E-state index in [0.717, 1.165) is 40.6 Å². The molecule has 0 saturated heterocycles. The first-order valence-corrected chi connectivity index (χ1v) is 18.9. The predicted octanol–water partition coefficient (Wildman–Crippen LogP) is 12.8. The van der Waals surface area contributed by atoms with Crippen LogP contribution in [-0.2, 0) is 5.41 Å². The van der Waals surface area contributed by atoms with Gasteiger partial charge in [-0.25, -0.2) is 0 Å². The van der Waals surface area contributed by atoms with Crippen molar-refractivity contribution in [2.75, 3.05) is 4.90 Å². The highest BCUT2D eigenvalue weighted by Gasteiger charge is 2.61. The molecule has 0 aliphatic heterocycles. The van der Waals surface area contributed by atoms with Gasteiger partial charge < -0.3 is 4.90 Å². The van der Waals surface area contributed by atoms with E-state index in [1.807, 2.05) is 6.20 Å². The average Bonchev–Trinajstić information content (AvgIpc) is 3.48. The minimum absolute atomic E-state index is 0.176. The maximum atomic E-state index is 4.61. The molecule has 7 aromatic rings. The summed E-state index contributed by atoms with van der Waals surface area (Å²) in [6.07, 6.45) is 9.02. The third-order valence-electron chi connectivity index (χ3n) is 13.1. The van der Waals surface area contributed by atoms with Gasteiger partial charge in [0, 0.05) is 34.1 Å². The van der Waals surface area contributed by atoms with Crippen molar-refractivity contribution in [3.8, 4) is 33.4 Å². The summed E-state index contributed by atoms with van der Waals surface area (Å²) in [5.41, 5.74) is 15.7. The van der Waals surface area contributed by atoms with Crippen molar-refractivity contribution in [2.45, 2.75) is 37.5 Å². The summed E-state index contributed by atoms with van der Waals surface area (Å²) in [5, 5.41) is 1.18. The number of aromatic nitrogens is 1. The van der Waals surface area contributed by atoms with E-state index in [1.165, 1.54) is 76.6 Å². The second kappa shape index (κ2) is 11.3. The van der Waals surface area contributed by atoms with E-state index in [1.54, 1.807) is 11.1 Å². The number of para-hydroxylation sites is 1. The fraction of sp³-hybridized carbons (Fsp3) is 0.204. The van der Waals surface area contributed by atoms with Crippen molar-refractivity contribution in [3.63, 3.8) is 0 Å². The van der Waals surface area contributed by atoms with Crippen molar-refractivity contribution < 1.29 is 0 Å². The lowest BCUT2D eigenvalue weighted by Crippen LogP contribution is -2.55. The number of rotatable bonds is 5. The van der Waals surface area contributed by atoms with E-state index < -0.39 is 0 Å². The van der Waals surface area contributed by atoms with Crippen molar-refractivity contribution in [1.29, 1.82) is 0 Å². The first-order valence-electron chi connectivity index (χ1n) is 18.9. The number of fused-ring (bicyclic) bond motifs is 4. The van der Waals surface area contributed by atoms with Crippen molar-refractivity contribution in [1.82, 2.24) is 4.98 Å². The van der Waals surface area contributed by atoms with Crippen LogP contribution in [0, 0.1) is 23.7 Å². The summed E-state index contributed by atoms with van der Waals surface area (Å²) < 4.78 is 0. The molecule has 5 aliphatic rings. The second-order valence-corrected chi connectivity index (χ2v) is 15.6. The molecule has 0 N–H and O–H groups in total. The Bertz CT molecular complexity index is 2390. The van der Waals surface area contributed by atoms with Crippen LogP contribution in [0.3, 0.4) is 0 Å². The average molecular weight is 657 g/mol. The number of hydrogen-bond donors (Lipinski definition) is 0. The molecule has 5 aliphatic carbocycles. The Labute approximate surface area is 300 Å². The fourth-order valence-electron chi connectivity index (χ4n) is 11.3. The Morgan fingerprint density at radius 3 is 1.78 bits per heavy atom. The van der Waals surface area contributed by atoms with Crippen molar-refractivity contribution >= 4 is 28.0 Å². The molecule has 12 rings (SSSR count). The predicted molar refractivity (Wildman–Crippen MR) is 211 cm³/mol. The van der Waals surface area contributed by atoms with Crippen molar-refractivity contribution in [3.05, 3.63) is 169 Å². The summed E-state index contributed by atoms with van der Waals surface area (Å²) >= 11 is 0. The van der Waals surface area contributed by atoms with Crippen LogP contribution in [0.25, 0.3) is 44.3 Å². The molecule has 2 nitrogen and oxygen atoms in total. The standard InChI is InChI=1S/C49H40N2/c1-2-8-34(9-3-1)35-14-18-39(19-15-35)51(40-20-16-36(17-21-40)42-24-25-50-48-13-7-5-11-44(42)48)41-22-23-47-45(31-41)43-10-4-6-12-46(43)49(47)37-27-32-26-33(29-37)30-38(49)28-32/h1-25,31-33,37-38H,26-30H2. The summed E-state index contributed by atoms with van der Waals surface area (Å²) in [6.45, 7) is 0. The minimum Gasteiger partial charge on any atom is -0.310 e. The molecule has 1 aromatic heterocycles. The zero-order valence-electron chi connectivity index (χ0n) is 28.8. The Morgan fingerprint density at radius 2 is 1.04 bits per heavy atom. The van der Waals surface area contributed by atoms with E-state index in [-0.39, 0.29) is 5.41 Å². The molecule has 51 heavy (non-hydrogen) atoms. The molecule has 0 amide bonds. The van der Waals surface area contributed by atoms with Gasteiger partial charge in [-0.15, -0.1) is 0 Å². The van der Waals surface area contributed by atoms with Crippen LogP contribution >= 0.6 is 0 Å². The molecular weight excluding hydrogens is 617 g/mol. The van der Waals surface area contributed by atoms with Gasteiger partial charge >= 0.3 is 0 Å². The van der Waals surface area contributed by atoms with Gasteiger partial charge in [-0.3, -0.25) is 4.98 Å². The van der Waals surface area contributed by atoms with Crippen LogP contribution in [0.15, 0.2) is 158 Å². The zero-order valence-corrected chi connectivity index (χ0v) is 28.8. The van der Waals surface area contributed by atoms with Crippen LogP contribution < -0.4 is 4.90 Å². The van der Waals surface area contributed by atoms with E-state index in [2.05, 4.69) is 162 Å². The Hall–Kier alpha value is -5.47. The lowest BCUT2D eigenvalue weighted by molar-refractivity contribution is -0.0399. The molecule has 1 heterocycles. The Kier molecular flexibility index (Phi) is 6.47. The maximum absolute atomic E-state index is 4.61. The van der Waals surface area contributed by atoms with Gasteiger partial charge in [-0.1, -0.05) is 103 Å². The normalized spacial score (nSPS) is 23.8. The summed E-state index contributed by atoms with van der Waals surface area (Å²) in [6, 6.07) is 56.4. The summed E-state index contributed by atoms with van der Waals surface area (Å²) in [5.74, 6) is 3.41. The van der Waals surface area contributed by atoms with Gasteiger partial charge in [0.15, 0.2) is 0 Å². The quantitative estimate of drug-likeness (QED) is 0.183. The molecule has 4 fully saturated rings. The Morgan fingerprint density at radius 1 is 0.451 bits per heavy atom. The third-order valence-corrected chi connectivity index (χ3v) is 13.1. The molecule has 1 spiro atoms. The van der Waals surface area contributed by atoms with E-state index in [9.17, 15) is 0 Å². The molecule has 2 heteroatoms. The van der Waals surface area contributed by atoms with E-state index in [0.29, 0.717) is 0 Å². The summed E-state index contributed by atoms with van der Waals surface area (Å²) in [7, 11) is 0. The number of benzene rings is 6. The fourth-order valence-corrected chi connectivity index (χ4v) is 11.3. The zero-order chi connectivity index (χ0) is 33.5. The van der Waals surface area contributed by atoms with Crippen molar-refractivity contribution in [2.24, 2.45) is 23.7 Å². The molecule has 6 aromatic carbocycles.